The molecule has 20 heavy (non-hydrogen) atoms. The van der Waals surface area contributed by atoms with Gasteiger partial charge in [-0.2, -0.15) is 4.98 Å². The lowest BCUT2D eigenvalue weighted by Gasteiger charge is -2.07. The molecule has 0 unspecified atom stereocenters. The van der Waals surface area contributed by atoms with Gasteiger partial charge in [0.2, 0.25) is 0 Å². The van der Waals surface area contributed by atoms with Crippen LogP contribution in [0.2, 0.25) is 0 Å². The molecule has 0 aliphatic carbocycles. The molecule has 0 atom stereocenters. The molecule has 0 amide bonds. The van der Waals surface area contributed by atoms with Gasteiger partial charge >= 0.3 is 6.01 Å². The van der Waals surface area contributed by atoms with Gasteiger partial charge in [0.05, 0.1) is 4.90 Å². The summed E-state index contributed by atoms with van der Waals surface area (Å²) in [5.41, 5.74) is 0. The average Bonchev–Trinajstić information content (AvgIpc) is 2.81. The SMILES string of the molecule is CCCNc1cc(S(=O)(=O)Nc2nc(C)no2)ccn1. The Bertz CT molecular complexity index is 683. The van der Waals surface area contributed by atoms with E-state index in [4.69, 9.17) is 4.52 Å². The van der Waals surface area contributed by atoms with Crippen LogP contribution in [0, 0.1) is 6.92 Å². The molecular weight excluding hydrogens is 282 g/mol. The quantitative estimate of drug-likeness (QED) is 0.829. The molecule has 0 fully saturated rings. The Morgan fingerprint density at radius 2 is 2.20 bits per heavy atom. The van der Waals surface area contributed by atoms with Crippen molar-refractivity contribution in [1.82, 2.24) is 15.1 Å². The molecule has 0 bridgehead atoms. The van der Waals surface area contributed by atoms with Crippen LogP contribution in [-0.4, -0.2) is 30.1 Å². The first-order valence-corrected chi connectivity index (χ1v) is 7.52. The molecule has 0 aliphatic rings. The van der Waals surface area contributed by atoms with Gasteiger partial charge in [0.1, 0.15) is 5.82 Å². The molecule has 9 heteroatoms. The van der Waals surface area contributed by atoms with Crippen LogP contribution in [0.15, 0.2) is 27.7 Å². The number of nitrogens with one attached hydrogen (secondary N) is 2. The van der Waals surface area contributed by atoms with E-state index in [0.29, 0.717) is 18.2 Å². The van der Waals surface area contributed by atoms with Gasteiger partial charge in [-0.1, -0.05) is 12.1 Å². The molecule has 2 N–H and O–H groups in total. The van der Waals surface area contributed by atoms with Gasteiger partial charge in [-0.3, -0.25) is 0 Å². The molecular formula is C11H15N5O3S. The summed E-state index contributed by atoms with van der Waals surface area (Å²) >= 11 is 0. The maximum atomic E-state index is 12.1. The van der Waals surface area contributed by atoms with Crippen LogP contribution in [0.3, 0.4) is 0 Å². The highest BCUT2D eigenvalue weighted by Crippen LogP contribution is 2.16. The number of anilines is 2. The second-order valence-corrected chi connectivity index (χ2v) is 5.74. The van der Waals surface area contributed by atoms with Crippen molar-refractivity contribution in [3.63, 3.8) is 0 Å². The minimum absolute atomic E-state index is 0.0713. The topological polar surface area (TPSA) is 110 Å². The number of nitrogens with zero attached hydrogens (tertiary/aromatic N) is 3. The molecule has 2 aromatic rings. The third-order valence-corrected chi connectivity index (χ3v) is 3.66. The lowest BCUT2D eigenvalue weighted by molar-refractivity contribution is 0.429. The van der Waals surface area contributed by atoms with Gasteiger partial charge in [0.25, 0.3) is 10.0 Å². The predicted octanol–water partition coefficient (Wildman–Crippen LogP) is 1.40. The summed E-state index contributed by atoms with van der Waals surface area (Å²) in [6.07, 6.45) is 2.34. The normalized spacial score (nSPS) is 11.3. The summed E-state index contributed by atoms with van der Waals surface area (Å²) in [5.74, 6) is 0.846. The number of hydrogen-bond acceptors (Lipinski definition) is 7. The molecule has 2 heterocycles. The highest BCUT2D eigenvalue weighted by Gasteiger charge is 2.18. The summed E-state index contributed by atoms with van der Waals surface area (Å²) in [7, 11) is -3.77. The van der Waals surface area contributed by atoms with Crippen molar-refractivity contribution in [1.29, 1.82) is 0 Å². The van der Waals surface area contributed by atoms with Crippen LogP contribution in [0.1, 0.15) is 19.2 Å². The maximum Gasteiger partial charge on any atom is 0.335 e. The highest BCUT2D eigenvalue weighted by atomic mass is 32.2. The van der Waals surface area contributed by atoms with E-state index in [1.54, 1.807) is 6.92 Å². The van der Waals surface area contributed by atoms with Crippen LogP contribution in [-0.2, 0) is 10.0 Å². The van der Waals surface area contributed by atoms with E-state index in [1.165, 1.54) is 18.3 Å². The fraction of sp³-hybridized carbons (Fsp3) is 0.364. The Hall–Kier alpha value is -2.16. The maximum absolute atomic E-state index is 12.1. The van der Waals surface area contributed by atoms with Crippen molar-refractivity contribution < 1.29 is 12.9 Å². The molecule has 108 valence electrons. The fourth-order valence-corrected chi connectivity index (χ4v) is 2.38. The van der Waals surface area contributed by atoms with E-state index in [1.807, 2.05) is 6.92 Å². The summed E-state index contributed by atoms with van der Waals surface area (Å²) in [6, 6.07) is 2.67. The van der Waals surface area contributed by atoms with Crippen LogP contribution in [0.5, 0.6) is 0 Å². The number of hydrogen-bond donors (Lipinski definition) is 2. The van der Waals surface area contributed by atoms with E-state index >= 15 is 0 Å². The molecule has 2 aromatic heterocycles. The third kappa shape index (κ3) is 3.44. The fourth-order valence-electron chi connectivity index (χ4n) is 1.44. The Kier molecular flexibility index (Phi) is 4.18. The minimum Gasteiger partial charge on any atom is -0.370 e. The van der Waals surface area contributed by atoms with E-state index in [-0.39, 0.29) is 10.9 Å². The Balaban J connectivity index is 2.20. The number of rotatable bonds is 6. The molecule has 0 spiro atoms. The number of aryl methyl sites for hydroxylation is 1. The van der Waals surface area contributed by atoms with Crippen molar-refractivity contribution in [2.45, 2.75) is 25.2 Å². The van der Waals surface area contributed by atoms with Gasteiger partial charge in [0.15, 0.2) is 5.82 Å². The predicted molar refractivity (Wildman–Crippen MR) is 72.9 cm³/mol. The van der Waals surface area contributed by atoms with E-state index < -0.39 is 10.0 Å². The minimum atomic E-state index is -3.77. The molecule has 2 rings (SSSR count). The second-order valence-electron chi connectivity index (χ2n) is 4.06. The van der Waals surface area contributed by atoms with Crippen molar-refractivity contribution in [2.24, 2.45) is 0 Å². The molecule has 0 saturated carbocycles. The van der Waals surface area contributed by atoms with Gasteiger partial charge in [-0.05, 0) is 19.4 Å². The first-order valence-electron chi connectivity index (χ1n) is 6.04. The second kappa shape index (κ2) is 5.87. The lowest BCUT2D eigenvalue weighted by atomic mass is 10.4. The molecule has 0 aliphatic heterocycles. The first kappa shape index (κ1) is 14.3. The Morgan fingerprint density at radius 3 is 2.85 bits per heavy atom. The van der Waals surface area contributed by atoms with Crippen molar-refractivity contribution in [2.75, 3.05) is 16.6 Å². The zero-order valence-corrected chi connectivity index (χ0v) is 11.9. The standard InChI is InChI=1S/C11H15N5O3S/c1-3-5-12-10-7-9(4-6-13-10)20(17,18)16-11-14-8(2)15-19-11/h4,6-7H,3,5H2,1-2H3,(H,12,13)(H,14,15,16). The van der Waals surface area contributed by atoms with Crippen LogP contribution in [0.4, 0.5) is 11.8 Å². The Morgan fingerprint density at radius 1 is 1.40 bits per heavy atom. The summed E-state index contributed by atoms with van der Waals surface area (Å²) in [5, 5.41) is 6.53. The Labute approximate surface area is 116 Å². The van der Waals surface area contributed by atoms with E-state index in [9.17, 15) is 8.42 Å². The first-order chi connectivity index (χ1) is 9.51. The zero-order chi connectivity index (χ0) is 14.6. The third-order valence-electron chi connectivity index (χ3n) is 2.35. The molecule has 8 nitrogen and oxygen atoms in total. The largest absolute Gasteiger partial charge is 0.370 e. The van der Waals surface area contributed by atoms with Crippen LogP contribution in [0.25, 0.3) is 0 Å². The molecule has 0 aromatic carbocycles. The van der Waals surface area contributed by atoms with E-state index in [0.717, 1.165) is 6.42 Å². The van der Waals surface area contributed by atoms with Gasteiger partial charge in [0, 0.05) is 18.8 Å². The highest BCUT2D eigenvalue weighted by molar-refractivity contribution is 7.92. The summed E-state index contributed by atoms with van der Waals surface area (Å²) in [4.78, 5) is 7.91. The van der Waals surface area contributed by atoms with Crippen LogP contribution >= 0.6 is 0 Å². The number of pyridine rings is 1. The number of aromatic nitrogens is 3. The molecule has 0 radical (unpaired) electrons. The van der Waals surface area contributed by atoms with Crippen LogP contribution < -0.4 is 10.0 Å². The van der Waals surface area contributed by atoms with Crippen molar-refractivity contribution >= 4 is 21.9 Å². The van der Waals surface area contributed by atoms with Crippen molar-refractivity contribution in [3.05, 3.63) is 24.2 Å². The number of sulfonamides is 1. The lowest BCUT2D eigenvalue weighted by Crippen LogP contribution is -2.14. The zero-order valence-electron chi connectivity index (χ0n) is 11.1. The van der Waals surface area contributed by atoms with Gasteiger partial charge < -0.3 is 9.84 Å². The van der Waals surface area contributed by atoms with Gasteiger partial charge in [-0.25, -0.2) is 18.1 Å². The van der Waals surface area contributed by atoms with Crippen molar-refractivity contribution in [3.8, 4) is 0 Å². The molecule has 0 saturated heterocycles. The average molecular weight is 297 g/mol. The monoisotopic (exact) mass is 297 g/mol. The smallest absolute Gasteiger partial charge is 0.335 e. The summed E-state index contributed by atoms with van der Waals surface area (Å²) in [6.45, 7) is 4.32. The summed E-state index contributed by atoms with van der Waals surface area (Å²) < 4.78 is 31.2. The van der Waals surface area contributed by atoms with Gasteiger partial charge in [-0.15, -0.1) is 0 Å². The van der Waals surface area contributed by atoms with E-state index in [2.05, 4.69) is 25.2 Å².